The molecule has 0 heterocycles. The van der Waals surface area contributed by atoms with Crippen LogP contribution in [-0.4, -0.2) is 23.7 Å². The van der Waals surface area contributed by atoms with Gasteiger partial charge in [0, 0.05) is 10.8 Å². The Kier molecular flexibility index (Phi) is 9.28. The van der Waals surface area contributed by atoms with Gasteiger partial charge in [0.2, 0.25) is 5.91 Å². The lowest BCUT2D eigenvalue weighted by Crippen LogP contribution is -2.21. The van der Waals surface area contributed by atoms with Crippen molar-refractivity contribution in [3.8, 4) is 0 Å². The molecule has 140 valence electrons. The van der Waals surface area contributed by atoms with Crippen molar-refractivity contribution in [3.05, 3.63) is 23.0 Å². The van der Waals surface area contributed by atoms with Crippen LogP contribution in [0.1, 0.15) is 47.0 Å². The molecule has 1 aromatic rings. The lowest BCUT2D eigenvalue weighted by Gasteiger charge is -2.16. The van der Waals surface area contributed by atoms with Gasteiger partial charge in [-0.1, -0.05) is 38.8 Å². The summed E-state index contributed by atoms with van der Waals surface area (Å²) in [6.45, 7) is 7.69. The monoisotopic (exact) mass is 389 g/mol. The van der Waals surface area contributed by atoms with Crippen molar-refractivity contribution in [1.82, 2.24) is 0 Å². The Morgan fingerprint density at radius 1 is 1.32 bits per heavy atom. The number of anilines is 1. The van der Waals surface area contributed by atoms with Gasteiger partial charge in [-0.05, 0) is 31.9 Å². The Hall–Kier alpha value is -1.27. The molecule has 0 saturated carbocycles. The molecule has 1 N–H and O–H groups in total. The van der Waals surface area contributed by atoms with Gasteiger partial charge in [0.25, 0.3) is 0 Å². The van der Waals surface area contributed by atoms with Crippen molar-refractivity contribution in [1.29, 1.82) is 0 Å². The minimum atomic E-state index is -0.601. The molecule has 2 atom stereocenters. The van der Waals surface area contributed by atoms with E-state index in [9.17, 15) is 14.0 Å². The first-order valence-electron chi connectivity index (χ1n) is 8.47. The van der Waals surface area contributed by atoms with Gasteiger partial charge in [-0.2, -0.15) is 0 Å². The number of carbonyl (C=O) groups is 2. The van der Waals surface area contributed by atoms with Gasteiger partial charge in [0.15, 0.2) is 0 Å². The van der Waals surface area contributed by atoms with E-state index >= 15 is 0 Å². The number of hydrogen-bond donors (Lipinski definition) is 1. The van der Waals surface area contributed by atoms with E-state index in [0.29, 0.717) is 17.9 Å². The van der Waals surface area contributed by atoms with Crippen molar-refractivity contribution in [2.24, 2.45) is 5.92 Å². The average molecular weight is 390 g/mol. The van der Waals surface area contributed by atoms with Crippen LogP contribution in [0.3, 0.4) is 0 Å². The number of hydrogen-bond acceptors (Lipinski definition) is 4. The first kappa shape index (κ1) is 21.8. The Morgan fingerprint density at radius 2 is 2.00 bits per heavy atom. The molecule has 0 bridgehead atoms. The van der Waals surface area contributed by atoms with Crippen molar-refractivity contribution >= 4 is 40.9 Å². The number of thioether (sulfide) groups is 1. The van der Waals surface area contributed by atoms with E-state index in [4.69, 9.17) is 16.3 Å². The van der Waals surface area contributed by atoms with Gasteiger partial charge < -0.3 is 10.1 Å². The fourth-order valence-electron chi connectivity index (χ4n) is 2.22. The lowest BCUT2D eigenvalue weighted by molar-refractivity contribution is -0.142. The topological polar surface area (TPSA) is 55.4 Å². The Labute approximate surface area is 157 Å². The molecule has 0 aromatic heterocycles. The van der Waals surface area contributed by atoms with Gasteiger partial charge >= 0.3 is 5.97 Å². The molecular weight excluding hydrogens is 365 g/mol. The number of rotatable bonds is 9. The first-order valence-corrected chi connectivity index (χ1v) is 9.72. The van der Waals surface area contributed by atoms with E-state index in [2.05, 4.69) is 5.32 Å². The van der Waals surface area contributed by atoms with Gasteiger partial charge in [0.1, 0.15) is 11.1 Å². The molecule has 25 heavy (non-hydrogen) atoms. The van der Waals surface area contributed by atoms with E-state index < -0.39 is 11.1 Å². The predicted octanol–water partition coefficient (Wildman–Crippen LogP) is 5.29. The zero-order valence-electron chi connectivity index (χ0n) is 15.0. The lowest BCUT2D eigenvalue weighted by atomic mass is 10.1. The van der Waals surface area contributed by atoms with E-state index in [1.54, 1.807) is 13.8 Å². The quantitative estimate of drug-likeness (QED) is 0.460. The Balaban J connectivity index is 2.98. The van der Waals surface area contributed by atoms with Crippen molar-refractivity contribution < 1.29 is 18.7 Å². The summed E-state index contributed by atoms with van der Waals surface area (Å²) < 4.78 is 19.2. The molecule has 0 fully saturated rings. The second-order valence-electron chi connectivity index (χ2n) is 5.71. The van der Waals surface area contributed by atoms with Crippen molar-refractivity contribution in [2.75, 3.05) is 11.9 Å². The van der Waals surface area contributed by atoms with E-state index in [0.717, 1.165) is 18.9 Å². The number of esters is 1. The van der Waals surface area contributed by atoms with Crippen LogP contribution in [0.25, 0.3) is 0 Å². The standard InChI is InChI=1S/C18H25ClFNO3S/c1-5-8-11(4)17(22)21-14-10-16(12(19)9-13(14)20)25-15(6-2)18(23)24-7-3/h9-11,15H,5-8H2,1-4H3,(H,21,22). The molecule has 7 heteroatoms. The number of carbonyl (C=O) groups excluding carboxylic acids is 2. The highest BCUT2D eigenvalue weighted by molar-refractivity contribution is 8.00. The highest BCUT2D eigenvalue weighted by Crippen LogP contribution is 2.36. The zero-order chi connectivity index (χ0) is 19.0. The fourth-order valence-corrected chi connectivity index (χ4v) is 3.50. The molecule has 0 radical (unpaired) electrons. The van der Waals surface area contributed by atoms with Crippen molar-refractivity contribution in [2.45, 2.75) is 57.1 Å². The van der Waals surface area contributed by atoms with Gasteiger partial charge in [0.05, 0.1) is 17.3 Å². The van der Waals surface area contributed by atoms with Crippen LogP contribution in [0.15, 0.2) is 17.0 Å². The number of amides is 1. The summed E-state index contributed by atoms with van der Waals surface area (Å²) in [7, 11) is 0. The Bertz CT molecular complexity index is 612. The highest BCUT2D eigenvalue weighted by atomic mass is 35.5. The van der Waals surface area contributed by atoms with Crippen LogP contribution in [-0.2, 0) is 14.3 Å². The van der Waals surface area contributed by atoms with E-state index in [1.165, 1.54) is 17.8 Å². The van der Waals surface area contributed by atoms with Crippen LogP contribution in [0.4, 0.5) is 10.1 Å². The van der Waals surface area contributed by atoms with Crippen molar-refractivity contribution in [3.63, 3.8) is 0 Å². The summed E-state index contributed by atoms with van der Waals surface area (Å²) in [6, 6.07) is 2.63. The molecule has 0 spiro atoms. The molecule has 4 nitrogen and oxygen atoms in total. The zero-order valence-corrected chi connectivity index (χ0v) is 16.6. The van der Waals surface area contributed by atoms with E-state index in [1.807, 2.05) is 13.8 Å². The summed E-state index contributed by atoms with van der Waals surface area (Å²) in [5.41, 5.74) is 0.0681. The molecule has 0 aliphatic carbocycles. The summed E-state index contributed by atoms with van der Waals surface area (Å²) in [6.07, 6.45) is 2.15. The van der Waals surface area contributed by atoms with Crippen LogP contribution >= 0.6 is 23.4 Å². The van der Waals surface area contributed by atoms with Crippen LogP contribution in [0.5, 0.6) is 0 Å². The number of halogens is 2. The third kappa shape index (κ3) is 6.51. The SMILES string of the molecule is CCCC(C)C(=O)Nc1cc(SC(CC)C(=O)OCC)c(Cl)cc1F. The normalized spacial score (nSPS) is 13.2. The minimum absolute atomic E-state index is 0.0681. The molecule has 1 amide bonds. The predicted molar refractivity (Wildman–Crippen MR) is 101 cm³/mol. The molecule has 2 unspecified atom stereocenters. The van der Waals surface area contributed by atoms with Crippen LogP contribution < -0.4 is 5.32 Å². The van der Waals surface area contributed by atoms with Crippen LogP contribution in [0.2, 0.25) is 5.02 Å². The van der Waals surface area contributed by atoms with Gasteiger partial charge in [-0.25, -0.2) is 4.39 Å². The minimum Gasteiger partial charge on any atom is -0.465 e. The third-order valence-corrected chi connectivity index (χ3v) is 5.46. The summed E-state index contributed by atoms with van der Waals surface area (Å²) in [5.74, 6) is -1.39. The molecule has 0 aliphatic rings. The maximum absolute atomic E-state index is 14.1. The smallest absolute Gasteiger partial charge is 0.319 e. The second-order valence-corrected chi connectivity index (χ2v) is 7.36. The number of nitrogens with one attached hydrogen (secondary N) is 1. The largest absolute Gasteiger partial charge is 0.465 e. The number of benzene rings is 1. The summed E-state index contributed by atoms with van der Waals surface area (Å²) in [4.78, 5) is 24.6. The maximum atomic E-state index is 14.1. The molecular formula is C18H25ClFNO3S. The molecule has 0 saturated heterocycles. The summed E-state index contributed by atoms with van der Waals surface area (Å²) >= 11 is 7.32. The third-order valence-electron chi connectivity index (χ3n) is 3.64. The fraction of sp³-hybridized carbons (Fsp3) is 0.556. The molecule has 0 aliphatic heterocycles. The van der Waals surface area contributed by atoms with E-state index in [-0.39, 0.29) is 28.5 Å². The summed E-state index contributed by atoms with van der Waals surface area (Å²) in [5, 5.41) is 2.37. The maximum Gasteiger partial charge on any atom is 0.319 e. The Morgan fingerprint density at radius 3 is 2.56 bits per heavy atom. The molecule has 1 aromatic carbocycles. The first-order chi connectivity index (χ1) is 11.8. The van der Waals surface area contributed by atoms with Gasteiger partial charge in [-0.3, -0.25) is 9.59 Å². The highest BCUT2D eigenvalue weighted by Gasteiger charge is 2.22. The van der Waals surface area contributed by atoms with Gasteiger partial charge in [-0.15, -0.1) is 11.8 Å². The molecule has 1 rings (SSSR count). The van der Waals surface area contributed by atoms with Crippen LogP contribution in [0, 0.1) is 11.7 Å². The number of ether oxygens (including phenoxy) is 1. The second kappa shape index (κ2) is 10.7. The average Bonchev–Trinajstić information content (AvgIpc) is 2.56.